The summed E-state index contributed by atoms with van der Waals surface area (Å²) in [5, 5.41) is 3.47. The molecule has 4 rings (SSSR count). The summed E-state index contributed by atoms with van der Waals surface area (Å²) >= 11 is 6.03. The van der Waals surface area contributed by atoms with E-state index in [9.17, 15) is 9.59 Å². The molecule has 1 aliphatic heterocycles. The Morgan fingerprint density at radius 1 is 1.32 bits per heavy atom. The number of rotatable bonds is 4. The molecule has 2 aromatic carbocycles. The Morgan fingerprint density at radius 2 is 2.18 bits per heavy atom. The molecule has 1 atom stereocenters. The number of aromatic nitrogens is 1. The summed E-state index contributed by atoms with van der Waals surface area (Å²) in [4.78, 5) is 31.1. The number of carbonyl (C=O) groups excluding carboxylic acids is 2. The van der Waals surface area contributed by atoms with Crippen molar-refractivity contribution in [2.24, 2.45) is 0 Å². The van der Waals surface area contributed by atoms with Crippen molar-refractivity contribution >= 4 is 34.5 Å². The summed E-state index contributed by atoms with van der Waals surface area (Å²) in [7, 11) is 0. The number of piperazine rings is 1. The lowest BCUT2D eigenvalue weighted by molar-refractivity contribution is -0.127. The number of benzene rings is 2. The standard InChI is InChI=1S/C21H20ClN3O3/c1-2-17-20(26)23-8-9-25(17)21(27)14-6-7-16-18(12-14)28-19(24-16)11-13-4-3-5-15(22)10-13/h3-7,10,12,17H,2,8-9,11H2,1H3,(H,23,26)/t17-/m0/s1. The lowest BCUT2D eigenvalue weighted by atomic mass is 10.1. The molecule has 0 aliphatic carbocycles. The molecule has 0 bridgehead atoms. The molecule has 1 aromatic heterocycles. The highest BCUT2D eigenvalue weighted by Crippen LogP contribution is 2.22. The van der Waals surface area contributed by atoms with Crippen molar-refractivity contribution in [2.45, 2.75) is 25.8 Å². The minimum Gasteiger partial charge on any atom is -0.440 e. The Balaban J connectivity index is 1.59. The van der Waals surface area contributed by atoms with E-state index in [1.807, 2.05) is 31.2 Å². The first-order valence-electron chi connectivity index (χ1n) is 9.27. The molecular weight excluding hydrogens is 378 g/mol. The molecule has 28 heavy (non-hydrogen) atoms. The third-order valence-electron chi connectivity index (χ3n) is 4.90. The summed E-state index contributed by atoms with van der Waals surface area (Å²) in [6.45, 7) is 2.87. The first-order chi connectivity index (χ1) is 13.5. The predicted octanol–water partition coefficient (Wildman–Crippen LogP) is 3.42. The third-order valence-corrected chi connectivity index (χ3v) is 5.14. The molecular formula is C21H20ClN3O3. The fraction of sp³-hybridized carbons (Fsp3) is 0.286. The fourth-order valence-corrected chi connectivity index (χ4v) is 3.74. The van der Waals surface area contributed by atoms with Gasteiger partial charge in [-0.05, 0) is 42.3 Å². The molecule has 3 aromatic rings. The van der Waals surface area contributed by atoms with Gasteiger partial charge in [0.15, 0.2) is 11.5 Å². The van der Waals surface area contributed by atoms with Crippen LogP contribution in [0, 0.1) is 0 Å². The van der Waals surface area contributed by atoms with Crippen LogP contribution in [0.4, 0.5) is 0 Å². The van der Waals surface area contributed by atoms with Crippen LogP contribution in [0.15, 0.2) is 46.9 Å². The van der Waals surface area contributed by atoms with Crippen molar-refractivity contribution in [3.63, 3.8) is 0 Å². The molecule has 0 unspecified atom stereocenters. The number of nitrogens with one attached hydrogen (secondary N) is 1. The zero-order valence-corrected chi connectivity index (χ0v) is 16.2. The number of amides is 2. The summed E-state index contributed by atoms with van der Waals surface area (Å²) < 4.78 is 5.86. The van der Waals surface area contributed by atoms with E-state index in [1.165, 1.54) is 0 Å². The largest absolute Gasteiger partial charge is 0.440 e. The smallest absolute Gasteiger partial charge is 0.254 e. The van der Waals surface area contributed by atoms with Gasteiger partial charge in [0.25, 0.3) is 5.91 Å². The number of carbonyl (C=O) groups is 2. The maximum atomic E-state index is 13.0. The molecule has 0 saturated carbocycles. The average Bonchev–Trinajstić information content (AvgIpc) is 3.08. The summed E-state index contributed by atoms with van der Waals surface area (Å²) in [6, 6.07) is 12.3. The van der Waals surface area contributed by atoms with Gasteiger partial charge in [0.05, 0.1) is 0 Å². The lowest BCUT2D eigenvalue weighted by Crippen LogP contribution is -2.56. The second-order valence-electron chi connectivity index (χ2n) is 6.81. The minimum atomic E-state index is -0.440. The second kappa shape index (κ2) is 7.64. The van der Waals surface area contributed by atoms with Crippen LogP contribution in [0.1, 0.15) is 35.2 Å². The molecule has 6 nitrogen and oxygen atoms in total. The van der Waals surface area contributed by atoms with Crippen LogP contribution in [-0.2, 0) is 11.2 Å². The van der Waals surface area contributed by atoms with E-state index in [-0.39, 0.29) is 11.8 Å². The zero-order valence-electron chi connectivity index (χ0n) is 15.4. The first-order valence-corrected chi connectivity index (χ1v) is 9.65. The Morgan fingerprint density at radius 3 is 2.96 bits per heavy atom. The first kappa shape index (κ1) is 18.5. The van der Waals surface area contributed by atoms with Crippen molar-refractivity contribution in [3.05, 3.63) is 64.5 Å². The second-order valence-corrected chi connectivity index (χ2v) is 7.25. The van der Waals surface area contributed by atoms with Gasteiger partial charge in [0.1, 0.15) is 11.6 Å². The van der Waals surface area contributed by atoms with E-state index in [1.54, 1.807) is 23.1 Å². The normalized spacial score (nSPS) is 17.0. The number of hydrogen-bond donors (Lipinski definition) is 1. The van der Waals surface area contributed by atoms with Gasteiger partial charge in [-0.25, -0.2) is 4.98 Å². The van der Waals surface area contributed by atoms with E-state index in [0.29, 0.717) is 53.5 Å². The SMILES string of the molecule is CC[C@H]1C(=O)NCCN1C(=O)c1ccc2nc(Cc3cccc(Cl)c3)oc2c1. The highest BCUT2D eigenvalue weighted by Gasteiger charge is 2.32. The maximum Gasteiger partial charge on any atom is 0.254 e. The van der Waals surface area contributed by atoms with Gasteiger partial charge in [-0.3, -0.25) is 9.59 Å². The quantitative estimate of drug-likeness (QED) is 0.731. The van der Waals surface area contributed by atoms with Gasteiger partial charge in [0.2, 0.25) is 5.91 Å². The van der Waals surface area contributed by atoms with Crippen molar-refractivity contribution in [1.82, 2.24) is 15.2 Å². The Kier molecular flexibility index (Phi) is 5.05. The fourth-order valence-electron chi connectivity index (χ4n) is 3.53. The molecule has 1 aliphatic rings. The molecule has 0 radical (unpaired) electrons. The van der Waals surface area contributed by atoms with Crippen LogP contribution < -0.4 is 5.32 Å². The number of halogens is 1. The van der Waals surface area contributed by atoms with E-state index in [0.717, 1.165) is 5.56 Å². The van der Waals surface area contributed by atoms with Crippen molar-refractivity contribution in [1.29, 1.82) is 0 Å². The molecule has 1 saturated heterocycles. The van der Waals surface area contributed by atoms with Crippen LogP contribution in [-0.4, -0.2) is 40.8 Å². The highest BCUT2D eigenvalue weighted by atomic mass is 35.5. The van der Waals surface area contributed by atoms with Gasteiger partial charge < -0.3 is 14.6 Å². The topological polar surface area (TPSA) is 75.4 Å². The van der Waals surface area contributed by atoms with Gasteiger partial charge in [-0.1, -0.05) is 30.7 Å². The van der Waals surface area contributed by atoms with E-state index in [2.05, 4.69) is 10.3 Å². The molecule has 2 heterocycles. The number of hydrogen-bond acceptors (Lipinski definition) is 4. The van der Waals surface area contributed by atoms with E-state index < -0.39 is 6.04 Å². The Bertz CT molecular complexity index is 1050. The molecule has 7 heteroatoms. The summed E-state index contributed by atoms with van der Waals surface area (Å²) in [6.07, 6.45) is 1.09. The van der Waals surface area contributed by atoms with Crippen LogP contribution in [0.25, 0.3) is 11.1 Å². The monoisotopic (exact) mass is 397 g/mol. The molecule has 0 spiro atoms. The van der Waals surface area contributed by atoms with Crippen LogP contribution in [0.5, 0.6) is 0 Å². The van der Waals surface area contributed by atoms with Crippen LogP contribution in [0.3, 0.4) is 0 Å². The van der Waals surface area contributed by atoms with Crippen LogP contribution in [0.2, 0.25) is 5.02 Å². The Hall–Kier alpha value is -2.86. The van der Waals surface area contributed by atoms with E-state index >= 15 is 0 Å². The predicted molar refractivity (Wildman–Crippen MR) is 106 cm³/mol. The molecule has 1 fully saturated rings. The van der Waals surface area contributed by atoms with Crippen molar-refractivity contribution in [3.8, 4) is 0 Å². The van der Waals surface area contributed by atoms with Crippen molar-refractivity contribution < 1.29 is 14.0 Å². The zero-order chi connectivity index (χ0) is 19.7. The van der Waals surface area contributed by atoms with Gasteiger partial charge >= 0.3 is 0 Å². The Labute approximate surface area is 167 Å². The number of fused-ring (bicyclic) bond motifs is 1. The van der Waals surface area contributed by atoms with Crippen molar-refractivity contribution in [2.75, 3.05) is 13.1 Å². The van der Waals surface area contributed by atoms with Gasteiger partial charge in [-0.15, -0.1) is 0 Å². The number of nitrogens with zero attached hydrogens (tertiary/aromatic N) is 2. The molecule has 1 N–H and O–H groups in total. The third kappa shape index (κ3) is 3.60. The average molecular weight is 398 g/mol. The highest BCUT2D eigenvalue weighted by molar-refractivity contribution is 6.30. The maximum absolute atomic E-state index is 13.0. The van der Waals surface area contributed by atoms with Crippen LogP contribution >= 0.6 is 11.6 Å². The van der Waals surface area contributed by atoms with Gasteiger partial charge in [-0.2, -0.15) is 0 Å². The molecule has 2 amide bonds. The summed E-state index contributed by atoms with van der Waals surface area (Å²) in [5.41, 5.74) is 2.74. The minimum absolute atomic E-state index is 0.105. The molecule has 144 valence electrons. The van der Waals surface area contributed by atoms with E-state index in [4.69, 9.17) is 16.0 Å². The van der Waals surface area contributed by atoms with Gasteiger partial charge in [0, 0.05) is 30.1 Å². The summed E-state index contributed by atoms with van der Waals surface area (Å²) in [5.74, 6) is 0.286. The number of oxazole rings is 1. The lowest BCUT2D eigenvalue weighted by Gasteiger charge is -2.34.